The molecular weight excluding hydrogens is 362 g/mol. The SMILES string of the molecule is CCCc1nc(Br)cc(Oc2ccc(Cl)cc2[N+](=O)[O-])n1. The molecule has 0 N–H and O–H groups in total. The van der Waals surface area contributed by atoms with Crippen LogP contribution in [0.1, 0.15) is 19.2 Å². The van der Waals surface area contributed by atoms with Crippen LogP contribution in [-0.4, -0.2) is 14.9 Å². The molecule has 2 rings (SSSR count). The van der Waals surface area contributed by atoms with Gasteiger partial charge in [0.05, 0.1) is 4.92 Å². The fourth-order valence-corrected chi connectivity index (χ4v) is 2.23. The van der Waals surface area contributed by atoms with Gasteiger partial charge in [-0.15, -0.1) is 0 Å². The summed E-state index contributed by atoms with van der Waals surface area (Å²) in [6.07, 6.45) is 1.58. The number of benzene rings is 1. The molecule has 0 unspecified atom stereocenters. The van der Waals surface area contributed by atoms with Crippen LogP contribution in [0.2, 0.25) is 5.02 Å². The minimum absolute atomic E-state index is 0.0810. The number of nitrogens with zero attached hydrogens (tertiary/aromatic N) is 3. The first-order valence-electron chi connectivity index (χ1n) is 6.15. The van der Waals surface area contributed by atoms with Gasteiger partial charge < -0.3 is 4.74 Å². The van der Waals surface area contributed by atoms with E-state index in [1.54, 1.807) is 6.07 Å². The van der Waals surface area contributed by atoms with Crippen molar-refractivity contribution in [3.05, 3.63) is 49.8 Å². The molecule has 110 valence electrons. The summed E-state index contributed by atoms with van der Waals surface area (Å²) in [5, 5.41) is 11.3. The Hall–Kier alpha value is -1.73. The molecule has 1 aromatic heterocycles. The second-order valence-corrected chi connectivity index (χ2v) is 5.42. The zero-order chi connectivity index (χ0) is 15.4. The Kier molecular flexibility index (Phi) is 5.08. The molecule has 1 heterocycles. The maximum atomic E-state index is 11.0. The largest absolute Gasteiger partial charge is 0.432 e. The number of aromatic nitrogens is 2. The molecule has 0 fully saturated rings. The summed E-state index contributed by atoms with van der Waals surface area (Å²) in [4.78, 5) is 18.9. The molecule has 0 spiro atoms. The first-order valence-corrected chi connectivity index (χ1v) is 7.32. The van der Waals surface area contributed by atoms with Crippen molar-refractivity contribution in [1.29, 1.82) is 0 Å². The third-order valence-corrected chi connectivity index (χ3v) is 3.16. The quantitative estimate of drug-likeness (QED) is 0.437. The van der Waals surface area contributed by atoms with Crippen LogP contribution in [0.4, 0.5) is 5.69 Å². The highest BCUT2D eigenvalue weighted by Crippen LogP contribution is 2.33. The third-order valence-electron chi connectivity index (χ3n) is 2.52. The maximum Gasteiger partial charge on any atom is 0.313 e. The van der Waals surface area contributed by atoms with Gasteiger partial charge in [-0.1, -0.05) is 18.5 Å². The van der Waals surface area contributed by atoms with E-state index in [4.69, 9.17) is 16.3 Å². The molecule has 0 aliphatic heterocycles. The lowest BCUT2D eigenvalue weighted by molar-refractivity contribution is -0.385. The number of nitro benzene ring substituents is 1. The third kappa shape index (κ3) is 4.12. The van der Waals surface area contributed by atoms with Gasteiger partial charge in [-0.05, 0) is 34.5 Å². The lowest BCUT2D eigenvalue weighted by Crippen LogP contribution is -1.99. The van der Waals surface area contributed by atoms with E-state index in [9.17, 15) is 10.1 Å². The summed E-state index contributed by atoms with van der Waals surface area (Å²) in [6, 6.07) is 5.75. The Morgan fingerprint density at radius 2 is 2.14 bits per heavy atom. The number of halogens is 2. The Bertz CT molecular complexity index is 682. The van der Waals surface area contributed by atoms with Crippen LogP contribution in [0.15, 0.2) is 28.9 Å². The standard InChI is InChI=1S/C13H11BrClN3O3/c1-2-3-12-16-11(14)7-13(17-12)21-10-5-4-8(15)6-9(10)18(19)20/h4-7H,2-3H2,1H3. The number of aryl methyl sites for hydroxylation is 1. The first-order chi connectivity index (χ1) is 9.99. The number of hydrogen-bond donors (Lipinski definition) is 0. The van der Waals surface area contributed by atoms with E-state index in [0.717, 1.165) is 6.42 Å². The Labute approximate surface area is 134 Å². The van der Waals surface area contributed by atoms with Crippen LogP contribution < -0.4 is 4.74 Å². The molecule has 6 nitrogen and oxygen atoms in total. The van der Waals surface area contributed by atoms with Crippen molar-refractivity contribution in [2.45, 2.75) is 19.8 Å². The minimum Gasteiger partial charge on any atom is -0.432 e. The van der Waals surface area contributed by atoms with Crippen LogP contribution in [0, 0.1) is 10.1 Å². The van der Waals surface area contributed by atoms with Gasteiger partial charge in [0.15, 0.2) is 0 Å². The number of rotatable bonds is 5. The summed E-state index contributed by atoms with van der Waals surface area (Å²) in [5.74, 6) is 0.932. The van der Waals surface area contributed by atoms with E-state index < -0.39 is 4.92 Å². The highest BCUT2D eigenvalue weighted by molar-refractivity contribution is 9.10. The Balaban J connectivity index is 2.36. The molecule has 8 heteroatoms. The monoisotopic (exact) mass is 371 g/mol. The van der Waals surface area contributed by atoms with E-state index in [2.05, 4.69) is 25.9 Å². The van der Waals surface area contributed by atoms with Gasteiger partial charge >= 0.3 is 5.69 Å². The van der Waals surface area contributed by atoms with Crippen molar-refractivity contribution >= 4 is 33.2 Å². The van der Waals surface area contributed by atoms with Crippen molar-refractivity contribution in [1.82, 2.24) is 9.97 Å². The predicted molar refractivity (Wildman–Crippen MR) is 81.9 cm³/mol. The highest BCUT2D eigenvalue weighted by atomic mass is 79.9. The molecule has 21 heavy (non-hydrogen) atoms. The molecule has 0 bridgehead atoms. The molecule has 0 saturated carbocycles. The molecule has 0 saturated heterocycles. The van der Waals surface area contributed by atoms with Crippen LogP contribution >= 0.6 is 27.5 Å². The summed E-state index contributed by atoms with van der Waals surface area (Å²) in [5.41, 5.74) is -0.214. The minimum atomic E-state index is -0.551. The van der Waals surface area contributed by atoms with Crippen LogP contribution in [-0.2, 0) is 6.42 Å². The van der Waals surface area contributed by atoms with E-state index in [-0.39, 0.29) is 22.3 Å². The second-order valence-electron chi connectivity index (χ2n) is 4.17. The first kappa shape index (κ1) is 15.7. The van der Waals surface area contributed by atoms with Gasteiger partial charge in [0.2, 0.25) is 11.6 Å². The number of ether oxygens (including phenoxy) is 1. The molecule has 0 aliphatic carbocycles. The van der Waals surface area contributed by atoms with Gasteiger partial charge in [0, 0.05) is 23.6 Å². The zero-order valence-electron chi connectivity index (χ0n) is 11.0. The van der Waals surface area contributed by atoms with Crippen molar-refractivity contribution in [2.24, 2.45) is 0 Å². The maximum absolute atomic E-state index is 11.0. The smallest absolute Gasteiger partial charge is 0.313 e. The molecule has 0 aliphatic rings. The average molecular weight is 373 g/mol. The van der Waals surface area contributed by atoms with E-state index in [1.165, 1.54) is 18.2 Å². The van der Waals surface area contributed by atoms with Crippen molar-refractivity contribution in [2.75, 3.05) is 0 Å². The molecule has 1 aromatic carbocycles. The molecule has 0 atom stereocenters. The van der Waals surface area contributed by atoms with Crippen molar-refractivity contribution in [3.63, 3.8) is 0 Å². The summed E-state index contributed by atoms with van der Waals surface area (Å²) < 4.78 is 6.07. The highest BCUT2D eigenvalue weighted by Gasteiger charge is 2.17. The van der Waals surface area contributed by atoms with Crippen LogP contribution in [0.5, 0.6) is 11.6 Å². The Morgan fingerprint density at radius 1 is 1.38 bits per heavy atom. The predicted octanol–water partition coefficient (Wildman–Crippen LogP) is 4.55. The normalized spacial score (nSPS) is 10.4. The van der Waals surface area contributed by atoms with Crippen LogP contribution in [0.25, 0.3) is 0 Å². The Morgan fingerprint density at radius 3 is 2.81 bits per heavy atom. The van der Waals surface area contributed by atoms with Gasteiger partial charge in [-0.2, -0.15) is 4.98 Å². The summed E-state index contributed by atoms with van der Waals surface area (Å²) >= 11 is 9.03. The fourth-order valence-electron chi connectivity index (χ4n) is 1.66. The van der Waals surface area contributed by atoms with Gasteiger partial charge in [-0.3, -0.25) is 10.1 Å². The lowest BCUT2D eigenvalue weighted by atomic mass is 10.3. The van der Waals surface area contributed by atoms with Gasteiger partial charge in [-0.25, -0.2) is 4.98 Å². The topological polar surface area (TPSA) is 78.2 Å². The van der Waals surface area contributed by atoms with E-state index >= 15 is 0 Å². The van der Waals surface area contributed by atoms with Crippen LogP contribution in [0.3, 0.4) is 0 Å². The second kappa shape index (κ2) is 6.82. The van der Waals surface area contributed by atoms with Gasteiger partial charge in [0.1, 0.15) is 10.4 Å². The fraction of sp³-hybridized carbons (Fsp3) is 0.231. The summed E-state index contributed by atoms with van der Waals surface area (Å²) in [6.45, 7) is 2.01. The van der Waals surface area contributed by atoms with E-state index in [0.29, 0.717) is 16.8 Å². The molecule has 0 amide bonds. The zero-order valence-corrected chi connectivity index (χ0v) is 13.4. The lowest BCUT2D eigenvalue weighted by Gasteiger charge is -2.07. The van der Waals surface area contributed by atoms with Crippen molar-refractivity contribution in [3.8, 4) is 11.6 Å². The average Bonchev–Trinajstić information content (AvgIpc) is 2.40. The number of nitro groups is 1. The van der Waals surface area contributed by atoms with E-state index in [1.807, 2.05) is 6.92 Å². The molecule has 2 aromatic rings. The molecular formula is C13H11BrClN3O3. The molecule has 0 radical (unpaired) electrons. The number of hydrogen-bond acceptors (Lipinski definition) is 5. The van der Waals surface area contributed by atoms with Crippen molar-refractivity contribution < 1.29 is 9.66 Å². The summed E-state index contributed by atoms with van der Waals surface area (Å²) in [7, 11) is 0. The van der Waals surface area contributed by atoms with Gasteiger partial charge in [0.25, 0.3) is 0 Å².